The Labute approximate surface area is 136 Å². The van der Waals surface area contributed by atoms with E-state index < -0.39 is 5.97 Å². The third-order valence-electron chi connectivity index (χ3n) is 4.26. The van der Waals surface area contributed by atoms with Gasteiger partial charge in [-0.3, -0.25) is 9.59 Å². The number of carbonyl (C=O) groups is 2. The molecule has 1 aromatic carbocycles. The fourth-order valence-corrected chi connectivity index (χ4v) is 2.82. The van der Waals surface area contributed by atoms with Gasteiger partial charge in [0.15, 0.2) is 0 Å². The monoisotopic (exact) mass is 321 g/mol. The van der Waals surface area contributed by atoms with Gasteiger partial charge in [-0.25, -0.2) is 0 Å². The molecule has 0 aromatic heterocycles. The lowest BCUT2D eigenvalue weighted by atomic mass is 10.0. The summed E-state index contributed by atoms with van der Waals surface area (Å²) in [7, 11) is 3.34. The zero-order valence-corrected chi connectivity index (χ0v) is 13.5. The molecule has 1 aromatic rings. The van der Waals surface area contributed by atoms with Gasteiger partial charge < -0.3 is 19.5 Å². The van der Waals surface area contributed by atoms with Crippen molar-refractivity contribution in [2.24, 2.45) is 11.8 Å². The van der Waals surface area contributed by atoms with E-state index in [4.69, 9.17) is 14.6 Å². The van der Waals surface area contributed by atoms with Crippen molar-refractivity contribution in [2.45, 2.75) is 19.3 Å². The number of amides is 1. The molecule has 1 aliphatic carbocycles. The number of likely N-dealkylation sites (N-methyl/N-ethyl adjacent to an activating group) is 1. The Bertz CT molecular complexity index is 542. The molecule has 2 atom stereocenters. The highest BCUT2D eigenvalue weighted by molar-refractivity contribution is 5.80. The molecule has 0 aliphatic heterocycles. The number of carbonyl (C=O) groups excluding carboxylic acids is 1. The van der Waals surface area contributed by atoms with Crippen LogP contribution in [0, 0.1) is 11.8 Å². The lowest BCUT2D eigenvalue weighted by Gasteiger charge is -2.21. The number of aliphatic carboxylic acids is 1. The molecule has 6 heteroatoms. The first-order chi connectivity index (χ1) is 11.0. The summed E-state index contributed by atoms with van der Waals surface area (Å²) in [5.41, 5.74) is 0. The zero-order chi connectivity index (χ0) is 16.8. The summed E-state index contributed by atoms with van der Waals surface area (Å²) in [5.74, 6) is 0.130. The topological polar surface area (TPSA) is 76.1 Å². The molecule has 0 spiro atoms. The third-order valence-corrected chi connectivity index (χ3v) is 4.26. The maximum absolute atomic E-state index is 12.3. The van der Waals surface area contributed by atoms with Gasteiger partial charge in [-0.2, -0.15) is 0 Å². The van der Waals surface area contributed by atoms with E-state index in [1.165, 1.54) is 0 Å². The summed E-state index contributed by atoms with van der Waals surface area (Å²) in [6, 6.07) is 7.26. The van der Waals surface area contributed by atoms with Gasteiger partial charge >= 0.3 is 5.97 Å². The molecule has 1 N–H and O–H groups in total. The van der Waals surface area contributed by atoms with Gasteiger partial charge in [-0.05, 0) is 43.5 Å². The molecule has 0 radical (unpaired) electrons. The van der Waals surface area contributed by atoms with Crippen molar-refractivity contribution in [2.75, 3.05) is 27.3 Å². The van der Waals surface area contributed by atoms with Crippen LogP contribution in [0.5, 0.6) is 11.5 Å². The van der Waals surface area contributed by atoms with Crippen molar-refractivity contribution >= 4 is 11.9 Å². The molecule has 126 valence electrons. The number of ether oxygens (including phenoxy) is 2. The van der Waals surface area contributed by atoms with Crippen molar-refractivity contribution in [3.8, 4) is 11.5 Å². The number of rotatable bonds is 7. The van der Waals surface area contributed by atoms with Gasteiger partial charge in [0.05, 0.1) is 19.6 Å². The van der Waals surface area contributed by atoms with Crippen LogP contribution in [-0.2, 0) is 9.59 Å². The molecule has 2 rings (SSSR count). The first-order valence-corrected chi connectivity index (χ1v) is 7.76. The molecular weight excluding hydrogens is 298 g/mol. The average Bonchev–Trinajstić information content (AvgIpc) is 3.05. The molecule has 0 heterocycles. The highest BCUT2D eigenvalue weighted by Crippen LogP contribution is 2.32. The van der Waals surface area contributed by atoms with Gasteiger partial charge in [-0.1, -0.05) is 0 Å². The highest BCUT2D eigenvalue weighted by atomic mass is 16.5. The molecule has 0 bridgehead atoms. The van der Waals surface area contributed by atoms with Gasteiger partial charge in [0.25, 0.3) is 0 Å². The molecule has 23 heavy (non-hydrogen) atoms. The van der Waals surface area contributed by atoms with E-state index in [-0.39, 0.29) is 17.7 Å². The van der Waals surface area contributed by atoms with Gasteiger partial charge in [-0.15, -0.1) is 0 Å². The number of carboxylic acid groups (broad SMARTS) is 1. The smallest absolute Gasteiger partial charge is 0.306 e. The summed E-state index contributed by atoms with van der Waals surface area (Å²) in [4.78, 5) is 24.9. The lowest BCUT2D eigenvalue weighted by molar-refractivity contribution is -0.141. The van der Waals surface area contributed by atoms with Crippen LogP contribution in [0.3, 0.4) is 0 Å². The number of carboxylic acids is 1. The lowest BCUT2D eigenvalue weighted by Crippen LogP contribution is -2.35. The first kappa shape index (κ1) is 17.1. The maximum atomic E-state index is 12.3. The fourth-order valence-electron chi connectivity index (χ4n) is 2.82. The van der Waals surface area contributed by atoms with Crippen LogP contribution >= 0.6 is 0 Å². The first-order valence-electron chi connectivity index (χ1n) is 7.76. The van der Waals surface area contributed by atoms with Crippen molar-refractivity contribution in [3.63, 3.8) is 0 Å². The van der Waals surface area contributed by atoms with E-state index in [9.17, 15) is 9.59 Å². The quantitative estimate of drug-likeness (QED) is 0.831. The Morgan fingerprint density at radius 2 is 1.78 bits per heavy atom. The molecular formula is C17H23NO5. The summed E-state index contributed by atoms with van der Waals surface area (Å²) < 4.78 is 10.7. The van der Waals surface area contributed by atoms with Crippen LogP contribution in [0.4, 0.5) is 0 Å². The van der Waals surface area contributed by atoms with Crippen LogP contribution in [0.25, 0.3) is 0 Å². The largest absolute Gasteiger partial charge is 0.497 e. The van der Waals surface area contributed by atoms with E-state index >= 15 is 0 Å². The maximum Gasteiger partial charge on any atom is 0.306 e. The number of benzene rings is 1. The van der Waals surface area contributed by atoms with Gasteiger partial charge in [0, 0.05) is 13.0 Å². The Balaban J connectivity index is 1.74. The summed E-state index contributed by atoms with van der Waals surface area (Å²) in [5, 5.41) is 9.00. The third kappa shape index (κ3) is 4.61. The Morgan fingerprint density at radius 1 is 1.17 bits per heavy atom. The Morgan fingerprint density at radius 3 is 2.35 bits per heavy atom. The minimum atomic E-state index is -0.800. The van der Waals surface area contributed by atoms with E-state index in [0.29, 0.717) is 32.4 Å². The second-order valence-corrected chi connectivity index (χ2v) is 5.83. The number of hydrogen-bond acceptors (Lipinski definition) is 4. The second kappa shape index (κ2) is 7.85. The van der Waals surface area contributed by atoms with Crippen molar-refractivity contribution in [3.05, 3.63) is 24.3 Å². The molecule has 1 saturated carbocycles. The van der Waals surface area contributed by atoms with Crippen LogP contribution in [0.2, 0.25) is 0 Å². The molecule has 0 saturated heterocycles. The predicted octanol–water partition coefficient (Wildman–Crippen LogP) is 2.03. The SMILES string of the molecule is COc1ccc(OCCN(C)C(=O)[C@@H]2CC[C@H](C(=O)O)C2)cc1. The van der Waals surface area contributed by atoms with E-state index in [2.05, 4.69) is 0 Å². The molecule has 1 aliphatic rings. The van der Waals surface area contributed by atoms with E-state index in [0.717, 1.165) is 11.5 Å². The van der Waals surface area contributed by atoms with Crippen LogP contribution in [0.1, 0.15) is 19.3 Å². The fraction of sp³-hybridized carbons (Fsp3) is 0.529. The number of methoxy groups -OCH3 is 1. The predicted molar refractivity (Wildman–Crippen MR) is 84.6 cm³/mol. The van der Waals surface area contributed by atoms with E-state index in [1.54, 1.807) is 19.1 Å². The zero-order valence-electron chi connectivity index (χ0n) is 13.5. The number of nitrogens with zero attached hydrogens (tertiary/aromatic N) is 1. The minimum Gasteiger partial charge on any atom is -0.497 e. The molecule has 6 nitrogen and oxygen atoms in total. The number of hydrogen-bond donors (Lipinski definition) is 1. The summed E-state index contributed by atoms with van der Waals surface area (Å²) in [6.45, 7) is 0.864. The highest BCUT2D eigenvalue weighted by Gasteiger charge is 2.34. The summed E-state index contributed by atoms with van der Waals surface area (Å²) in [6.07, 6.45) is 1.68. The minimum absolute atomic E-state index is 0.00656. The summed E-state index contributed by atoms with van der Waals surface area (Å²) >= 11 is 0. The van der Waals surface area contributed by atoms with E-state index in [1.807, 2.05) is 24.3 Å². The van der Waals surface area contributed by atoms with Crippen molar-refractivity contribution in [1.29, 1.82) is 0 Å². The average molecular weight is 321 g/mol. The normalized spacial score (nSPS) is 20.1. The van der Waals surface area contributed by atoms with Gasteiger partial charge in [0.1, 0.15) is 18.1 Å². The van der Waals surface area contributed by atoms with Crippen LogP contribution < -0.4 is 9.47 Å². The van der Waals surface area contributed by atoms with Crippen molar-refractivity contribution in [1.82, 2.24) is 4.90 Å². The molecule has 1 fully saturated rings. The molecule has 1 amide bonds. The Kier molecular flexibility index (Phi) is 5.84. The van der Waals surface area contributed by atoms with Crippen molar-refractivity contribution < 1.29 is 24.2 Å². The molecule has 0 unspecified atom stereocenters. The van der Waals surface area contributed by atoms with Gasteiger partial charge in [0.2, 0.25) is 5.91 Å². The standard InChI is InChI=1S/C17H23NO5/c1-18(16(19)12-3-4-13(11-12)17(20)21)9-10-23-15-7-5-14(22-2)6-8-15/h5-8,12-13H,3-4,9-11H2,1-2H3,(H,20,21)/t12-,13+/m1/s1. The van der Waals surface area contributed by atoms with Crippen LogP contribution in [0.15, 0.2) is 24.3 Å². The Hall–Kier alpha value is -2.24. The second-order valence-electron chi connectivity index (χ2n) is 5.83. The van der Waals surface area contributed by atoms with Crippen LogP contribution in [-0.4, -0.2) is 49.2 Å².